The fraction of sp³-hybridized carbons (Fsp3) is 0.471. The van der Waals surface area contributed by atoms with E-state index < -0.39 is 0 Å². The van der Waals surface area contributed by atoms with E-state index in [1.54, 1.807) is 7.11 Å². The van der Waals surface area contributed by atoms with Crippen molar-refractivity contribution >= 4 is 12.0 Å². The van der Waals surface area contributed by atoms with Crippen molar-refractivity contribution in [3.8, 4) is 0 Å². The van der Waals surface area contributed by atoms with E-state index in [4.69, 9.17) is 4.74 Å². The van der Waals surface area contributed by atoms with Gasteiger partial charge < -0.3 is 9.72 Å². The van der Waals surface area contributed by atoms with Crippen molar-refractivity contribution in [3.63, 3.8) is 0 Å². The summed E-state index contributed by atoms with van der Waals surface area (Å²) in [6, 6.07) is 0. The van der Waals surface area contributed by atoms with Crippen LogP contribution in [0.4, 0.5) is 0 Å². The number of nitrogens with one attached hydrogen (secondary N) is 1. The normalized spacial score (nSPS) is 17.1. The predicted molar refractivity (Wildman–Crippen MR) is 85.1 cm³/mol. The number of aromatic nitrogens is 1. The van der Waals surface area contributed by atoms with E-state index in [-0.39, 0.29) is 0 Å². The second-order valence-corrected chi connectivity index (χ2v) is 5.23. The fourth-order valence-corrected chi connectivity index (χ4v) is 2.97. The Kier molecular flexibility index (Phi) is 4.17. The van der Waals surface area contributed by atoms with Crippen LogP contribution in [0.1, 0.15) is 49.7 Å². The van der Waals surface area contributed by atoms with Gasteiger partial charge in [0.05, 0.1) is 12.8 Å². The molecule has 0 amide bonds. The van der Waals surface area contributed by atoms with E-state index in [0.29, 0.717) is 0 Å². The van der Waals surface area contributed by atoms with E-state index in [1.165, 1.54) is 22.4 Å². The lowest BCUT2D eigenvalue weighted by Gasteiger charge is -2.02. The monoisotopic (exact) mass is 272 g/mol. The van der Waals surface area contributed by atoms with Crippen LogP contribution in [-0.2, 0) is 11.2 Å². The minimum absolute atomic E-state index is 0.741. The number of allylic oxidation sites excluding steroid dienone is 1. The third-order valence-electron chi connectivity index (χ3n) is 4.12. The smallest absolute Gasteiger partial charge is 0.216 e. The molecule has 1 aliphatic heterocycles. The first-order valence-corrected chi connectivity index (χ1v) is 7.26. The number of rotatable bonds is 3. The highest BCUT2D eigenvalue weighted by Crippen LogP contribution is 2.31. The maximum Gasteiger partial charge on any atom is 0.216 e. The summed E-state index contributed by atoms with van der Waals surface area (Å²) in [5.74, 6) is 0.741. The molecule has 1 aromatic heterocycles. The van der Waals surface area contributed by atoms with Crippen molar-refractivity contribution in [1.82, 2.24) is 4.98 Å². The van der Waals surface area contributed by atoms with E-state index >= 15 is 0 Å². The van der Waals surface area contributed by atoms with Crippen molar-refractivity contribution in [3.05, 3.63) is 39.4 Å². The molecule has 0 unspecified atom stereocenters. The molecule has 0 saturated heterocycles. The van der Waals surface area contributed by atoms with Crippen LogP contribution < -0.4 is 0 Å². The highest BCUT2D eigenvalue weighted by Gasteiger charge is 2.20. The summed E-state index contributed by atoms with van der Waals surface area (Å²) in [6.07, 6.45) is 4.17. The molecule has 2 heterocycles. The molecule has 0 aromatic carbocycles. The molecule has 0 saturated carbocycles. The zero-order chi connectivity index (χ0) is 14.9. The second-order valence-electron chi connectivity index (χ2n) is 5.23. The molecule has 0 fully saturated rings. The Morgan fingerprint density at radius 3 is 2.35 bits per heavy atom. The van der Waals surface area contributed by atoms with Gasteiger partial charge in [0.2, 0.25) is 5.90 Å². The predicted octanol–water partition coefficient (Wildman–Crippen LogP) is 4.32. The van der Waals surface area contributed by atoms with E-state index in [9.17, 15) is 0 Å². The molecule has 20 heavy (non-hydrogen) atoms. The van der Waals surface area contributed by atoms with Crippen molar-refractivity contribution in [2.45, 2.75) is 47.5 Å². The first kappa shape index (κ1) is 14.6. The summed E-state index contributed by atoms with van der Waals surface area (Å²) >= 11 is 0. The molecule has 0 spiro atoms. The highest BCUT2D eigenvalue weighted by atomic mass is 16.5. The van der Waals surface area contributed by atoms with Crippen molar-refractivity contribution in [2.24, 2.45) is 4.99 Å². The van der Waals surface area contributed by atoms with Gasteiger partial charge in [-0.25, -0.2) is 4.99 Å². The SMILES string of the molecule is CCC1=C(C)C(OC)=N/C1=C\c1[nH]c(C)c(CC)c1C. The zero-order valence-electron chi connectivity index (χ0n) is 13.3. The average molecular weight is 272 g/mol. The van der Waals surface area contributed by atoms with Gasteiger partial charge in [-0.05, 0) is 56.4 Å². The summed E-state index contributed by atoms with van der Waals surface area (Å²) in [7, 11) is 1.68. The van der Waals surface area contributed by atoms with Crippen molar-refractivity contribution < 1.29 is 4.74 Å². The van der Waals surface area contributed by atoms with Gasteiger partial charge in [0.25, 0.3) is 0 Å². The van der Waals surface area contributed by atoms with E-state index in [1.807, 2.05) is 0 Å². The second kappa shape index (κ2) is 5.70. The Morgan fingerprint density at radius 2 is 1.85 bits per heavy atom. The molecule has 1 aliphatic rings. The number of H-pyrrole nitrogens is 1. The first-order valence-electron chi connectivity index (χ1n) is 7.26. The maximum atomic E-state index is 5.34. The number of hydrogen-bond acceptors (Lipinski definition) is 2. The number of aryl methyl sites for hydroxylation is 1. The third kappa shape index (κ3) is 2.33. The lowest BCUT2D eigenvalue weighted by Crippen LogP contribution is -1.99. The van der Waals surface area contributed by atoms with Gasteiger partial charge in [0.1, 0.15) is 0 Å². The Labute approximate surface area is 121 Å². The molecule has 0 aliphatic carbocycles. The first-order chi connectivity index (χ1) is 9.53. The minimum atomic E-state index is 0.741. The summed E-state index contributed by atoms with van der Waals surface area (Å²) in [6.45, 7) is 10.7. The molecular weight excluding hydrogens is 248 g/mol. The van der Waals surface area contributed by atoms with Gasteiger partial charge in [0.15, 0.2) is 0 Å². The number of ether oxygens (including phenoxy) is 1. The molecule has 3 heteroatoms. The molecule has 0 bridgehead atoms. The van der Waals surface area contributed by atoms with E-state index in [2.05, 4.69) is 50.7 Å². The van der Waals surface area contributed by atoms with Crippen LogP contribution in [0.15, 0.2) is 21.8 Å². The summed E-state index contributed by atoms with van der Waals surface area (Å²) in [4.78, 5) is 8.08. The summed E-state index contributed by atoms with van der Waals surface area (Å²) < 4.78 is 5.34. The lowest BCUT2D eigenvalue weighted by molar-refractivity contribution is 0.404. The van der Waals surface area contributed by atoms with Crippen LogP contribution in [0.3, 0.4) is 0 Å². The maximum absolute atomic E-state index is 5.34. The Bertz CT molecular complexity index is 615. The molecular formula is C17H24N2O. The standard InChI is InChI=1S/C17H24N2O/c1-7-13-10(3)15(18-12(13)5)9-16-14(8-2)11(4)17(19-16)20-6/h9,18H,7-8H2,1-6H3/b16-9-. The third-order valence-corrected chi connectivity index (χ3v) is 4.12. The quantitative estimate of drug-likeness (QED) is 0.874. The Balaban J connectivity index is 2.49. The molecule has 2 rings (SSSR count). The number of nitrogens with zero attached hydrogens (tertiary/aromatic N) is 1. The van der Waals surface area contributed by atoms with Crippen molar-refractivity contribution in [1.29, 1.82) is 0 Å². The molecule has 0 atom stereocenters. The number of aromatic amines is 1. The average Bonchev–Trinajstić information content (AvgIpc) is 2.87. The van der Waals surface area contributed by atoms with Crippen LogP contribution in [0, 0.1) is 13.8 Å². The highest BCUT2D eigenvalue weighted by molar-refractivity contribution is 5.99. The van der Waals surface area contributed by atoms with Crippen LogP contribution in [0.25, 0.3) is 6.08 Å². The zero-order valence-corrected chi connectivity index (χ0v) is 13.3. The van der Waals surface area contributed by atoms with Crippen LogP contribution in [-0.4, -0.2) is 18.0 Å². The topological polar surface area (TPSA) is 37.4 Å². The van der Waals surface area contributed by atoms with Crippen molar-refractivity contribution in [2.75, 3.05) is 7.11 Å². The summed E-state index contributed by atoms with van der Waals surface area (Å²) in [5.41, 5.74) is 8.59. The fourth-order valence-electron chi connectivity index (χ4n) is 2.97. The van der Waals surface area contributed by atoms with Crippen LogP contribution in [0.2, 0.25) is 0 Å². The molecule has 0 radical (unpaired) electrons. The van der Waals surface area contributed by atoms with Gasteiger partial charge >= 0.3 is 0 Å². The minimum Gasteiger partial charge on any atom is -0.481 e. The molecule has 3 nitrogen and oxygen atoms in total. The molecule has 1 aromatic rings. The largest absolute Gasteiger partial charge is 0.481 e. The number of aliphatic imine (C=N–C) groups is 1. The summed E-state index contributed by atoms with van der Waals surface area (Å²) in [5, 5.41) is 0. The van der Waals surface area contributed by atoms with Crippen LogP contribution in [0.5, 0.6) is 0 Å². The number of hydrogen-bond donors (Lipinski definition) is 1. The Hall–Kier alpha value is -1.77. The van der Waals surface area contributed by atoms with Gasteiger partial charge in [-0.2, -0.15) is 0 Å². The van der Waals surface area contributed by atoms with Gasteiger partial charge in [-0.3, -0.25) is 0 Å². The lowest BCUT2D eigenvalue weighted by atomic mass is 10.0. The Morgan fingerprint density at radius 1 is 1.15 bits per heavy atom. The van der Waals surface area contributed by atoms with Gasteiger partial charge in [-0.1, -0.05) is 13.8 Å². The number of methoxy groups -OCH3 is 1. The van der Waals surface area contributed by atoms with E-state index in [0.717, 1.165) is 35.7 Å². The van der Waals surface area contributed by atoms with Gasteiger partial charge in [0, 0.05) is 17.0 Å². The van der Waals surface area contributed by atoms with Crippen LogP contribution >= 0.6 is 0 Å². The van der Waals surface area contributed by atoms with Gasteiger partial charge in [-0.15, -0.1) is 0 Å². The molecule has 108 valence electrons. The molecule has 1 N–H and O–H groups in total.